The molecule has 1 aromatic carbocycles. The molecule has 0 spiro atoms. The van der Waals surface area contributed by atoms with E-state index >= 15 is 0 Å². The molecule has 1 atom stereocenters. The monoisotopic (exact) mass is 463 g/mol. The summed E-state index contributed by atoms with van der Waals surface area (Å²) in [6.45, 7) is 2.97. The van der Waals surface area contributed by atoms with Gasteiger partial charge in [0.15, 0.2) is 5.69 Å². The third kappa shape index (κ3) is 4.59. The van der Waals surface area contributed by atoms with E-state index < -0.39 is 34.7 Å². The first-order valence-electron chi connectivity index (χ1n) is 8.56. The lowest BCUT2D eigenvalue weighted by atomic mass is 10.2. The summed E-state index contributed by atoms with van der Waals surface area (Å²) >= 11 is 11.7. The minimum Gasteiger partial charge on any atom is -0.322 e. The molecule has 0 saturated carbocycles. The van der Waals surface area contributed by atoms with E-state index in [4.69, 9.17) is 23.2 Å². The molecule has 160 valence electrons. The fourth-order valence-corrected chi connectivity index (χ4v) is 3.21. The molecule has 1 unspecified atom stereocenters. The summed E-state index contributed by atoms with van der Waals surface area (Å²) in [7, 11) is 0. The van der Waals surface area contributed by atoms with E-state index in [1.807, 2.05) is 0 Å². The fourth-order valence-electron chi connectivity index (χ4n) is 2.75. The molecule has 3 rings (SSSR count). The zero-order valence-electron chi connectivity index (χ0n) is 15.6. The van der Waals surface area contributed by atoms with Crippen LogP contribution in [0, 0.1) is 12.7 Å². The Morgan fingerprint density at radius 2 is 2.00 bits per heavy atom. The molecule has 0 aliphatic rings. The Hall–Kier alpha value is -2.59. The van der Waals surface area contributed by atoms with E-state index in [9.17, 15) is 22.4 Å². The first kappa shape index (κ1) is 22.1. The molecule has 2 aromatic heterocycles. The molecule has 2 heterocycles. The first-order chi connectivity index (χ1) is 14.0. The van der Waals surface area contributed by atoms with Crippen LogP contribution in [0.4, 0.5) is 23.2 Å². The van der Waals surface area contributed by atoms with Gasteiger partial charge >= 0.3 is 6.18 Å². The van der Waals surface area contributed by atoms with E-state index in [2.05, 4.69) is 15.5 Å². The van der Waals surface area contributed by atoms with Crippen molar-refractivity contribution in [1.29, 1.82) is 0 Å². The van der Waals surface area contributed by atoms with Crippen LogP contribution in [-0.4, -0.2) is 25.5 Å². The highest BCUT2D eigenvalue weighted by Gasteiger charge is 2.39. The van der Waals surface area contributed by atoms with E-state index in [-0.39, 0.29) is 17.3 Å². The number of rotatable bonds is 5. The molecule has 0 bridgehead atoms. The molecule has 0 radical (unpaired) electrons. The van der Waals surface area contributed by atoms with Crippen molar-refractivity contribution in [2.75, 3.05) is 5.32 Å². The maximum Gasteiger partial charge on any atom is 0.436 e. The van der Waals surface area contributed by atoms with E-state index in [1.54, 1.807) is 0 Å². The number of aromatic nitrogens is 4. The number of anilines is 1. The van der Waals surface area contributed by atoms with Gasteiger partial charge in [-0.15, -0.1) is 0 Å². The Bertz CT molecular complexity index is 1090. The largest absolute Gasteiger partial charge is 0.436 e. The SMILES string of the molecule is Cc1c(Cl)c(C(F)(F)F)nn1C(C)C(=O)Nc1cnn(Cc2ccc(F)cc2Cl)c1. The van der Waals surface area contributed by atoms with Crippen LogP contribution < -0.4 is 5.32 Å². The van der Waals surface area contributed by atoms with Gasteiger partial charge in [-0.3, -0.25) is 14.2 Å². The molecule has 30 heavy (non-hydrogen) atoms. The third-order valence-electron chi connectivity index (χ3n) is 4.34. The molecule has 12 heteroatoms. The maximum atomic E-state index is 13.1. The molecule has 6 nitrogen and oxygen atoms in total. The maximum absolute atomic E-state index is 13.1. The number of carbonyl (C=O) groups is 1. The highest BCUT2D eigenvalue weighted by molar-refractivity contribution is 6.32. The summed E-state index contributed by atoms with van der Waals surface area (Å²) in [6.07, 6.45) is -1.85. The molecule has 1 amide bonds. The zero-order chi connectivity index (χ0) is 22.2. The molecular weight excluding hydrogens is 449 g/mol. The van der Waals surface area contributed by atoms with Gasteiger partial charge in [0.2, 0.25) is 5.91 Å². The lowest BCUT2D eigenvalue weighted by molar-refractivity contribution is -0.141. The summed E-state index contributed by atoms with van der Waals surface area (Å²) in [5.74, 6) is -1.07. The summed E-state index contributed by atoms with van der Waals surface area (Å²) in [5, 5.41) is 9.79. The lowest BCUT2D eigenvalue weighted by Crippen LogP contribution is -2.25. The summed E-state index contributed by atoms with van der Waals surface area (Å²) in [4.78, 5) is 12.5. The second-order valence-corrected chi connectivity index (χ2v) is 7.30. The quantitative estimate of drug-likeness (QED) is 0.535. The Morgan fingerprint density at radius 1 is 1.30 bits per heavy atom. The number of amides is 1. The van der Waals surface area contributed by atoms with Crippen molar-refractivity contribution in [3.8, 4) is 0 Å². The van der Waals surface area contributed by atoms with E-state index in [0.717, 1.165) is 4.68 Å². The van der Waals surface area contributed by atoms with Crippen LogP contribution in [0.3, 0.4) is 0 Å². The average Bonchev–Trinajstić information content (AvgIpc) is 3.21. The highest BCUT2D eigenvalue weighted by atomic mass is 35.5. The number of hydrogen-bond acceptors (Lipinski definition) is 3. The second-order valence-electron chi connectivity index (χ2n) is 6.52. The first-order valence-corrected chi connectivity index (χ1v) is 9.32. The van der Waals surface area contributed by atoms with Crippen molar-refractivity contribution in [1.82, 2.24) is 19.6 Å². The molecule has 1 N–H and O–H groups in total. The zero-order valence-corrected chi connectivity index (χ0v) is 17.1. The van der Waals surface area contributed by atoms with Crippen LogP contribution in [0.1, 0.15) is 29.9 Å². The van der Waals surface area contributed by atoms with Gasteiger partial charge in [-0.1, -0.05) is 29.3 Å². The molecular formula is C18H15Cl2F4N5O. The van der Waals surface area contributed by atoms with Gasteiger partial charge in [0.05, 0.1) is 29.1 Å². The van der Waals surface area contributed by atoms with Gasteiger partial charge in [-0.2, -0.15) is 23.4 Å². The van der Waals surface area contributed by atoms with Crippen molar-refractivity contribution in [2.45, 2.75) is 32.6 Å². The van der Waals surface area contributed by atoms with Crippen molar-refractivity contribution in [3.05, 3.63) is 63.4 Å². The number of alkyl halides is 3. The van der Waals surface area contributed by atoms with Gasteiger partial charge in [0.25, 0.3) is 0 Å². The molecule has 0 saturated heterocycles. The van der Waals surface area contributed by atoms with Crippen LogP contribution in [0.15, 0.2) is 30.6 Å². The van der Waals surface area contributed by atoms with Crippen molar-refractivity contribution in [3.63, 3.8) is 0 Å². The number of nitrogens with one attached hydrogen (secondary N) is 1. The number of hydrogen-bond donors (Lipinski definition) is 1. The minimum atomic E-state index is -4.73. The molecule has 0 aliphatic carbocycles. The summed E-state index contributed by atoms with van der Waals surface area (Å²) in [6, 6.07) is 2.90. The smallest absolute Gasteiger partial charge is 0.322 e. The van der Waals surface area contributed by atoms with Crippen LogP contribution in [0.25, 0.3) is 0 Å². The Balaban J connectivity index is 1.72. The topological polar surface area (TPSA) is 64.7 Å². The summed E-state index contributed by atoms with van der Waals surface area (Å²) in [5.41, 5.74) is -0.287. The van der Waals surface area contributed by atoms with Gasteiger partial charge in [0, 0.05) is 11.2 Å². The number of halogens is 6. The average molecular weight is 464 g/mol. The standard InChI is InChI=1S/C18H15Cl2F4N5O/c1-9-15(20)16(18(22,23)24)27-29(9)10(2)17(30)26-13-6-25-28(8-13)7-11-3-4-12(21)5-14(11)19/h3-6,8,10H,7H2,1-2H3,(H,26,30). The molecule has 3 aromatic rings. The number of carbonyl (C=O) groups excluding carboxylic acids is 1. The third-order valence-corrected chi connectivity index (χ3v) is 5.14. The molecule has 0 fully saturated rings. The van der Waals surface area contributed by atoms with Gasteiger partial charge in [0.1, 0.15) is 11.9 Å². The minimum absolute atomic E-state index is 0.0216. The fraction of sp³-hybridized carbons (Fsp3) is 0.278. The normalized spacial score (nSPS) is 12.8. The van der Waals surface area contributed by atoms with E-state index in [0.29, 0.717) is 11.3 Å². The van der Waals surface area contributed by atoms with Crippen LogP contribution >= 0.6 is 23.2 Å². The van der Waals surface area contributed by atoms with Crippen molar-refractivity contribution < 1.29 is 22.4 Å². The van der Waals surface area contributed by atoms with Gasteiger partial charge in [-0.05, 0) is 31.5 Å². The van der Waals surface area contributed by atoms with E-state index in [1.165, 1.54) is 49.1 Å². The number of nitrogens with zero attached hydrogens (tertiary/aromatic N) is 4. The van der Waals surface area contributed by atoms with Crippen LogP contribution in [-0.2, 0) is 17.5 Å². The Kier molecular flexibility index (Phi) is 6.09. The Morgan fingerprint density at radius 3 is 2.60 bits per heavy atom. The van der Waals surface area contributed by atoms with Gasteiger partial charge < -0.3 is 5.32 Å². The highest BCUT2D eigenvalue weighted by Crippen LogP contribution is 2.36. The molecule has 0 aliphatic heterocycles. The second kappa shape index (κ2) is 8.27. The van der Waals surface area contributed by atoms with Crippen molar-refractivity contribution >= 4 is 34.8 Å². The van der Waals surface area contributed by atoms with Crippen LogP contribution in [0.2, 0.25) is 10.0 Å². The van der Waals surface area contributed by atoms with Crippen LogP contribution in [0.5, 0.6) is 0 Å². The predicted octanol–water partition coefficient (Wildman–Crippen LogP) is 5.10. The Labute approximate surface area is 178 Å². The predicted molar refractivity (Wildman–Crippen MR) is 103 cm³/mol. The number of benzene rings is 1. The lowest BCUT2D eigenvalue weighted by Gasteiger charge is -2.13. The van der Waals surface area contributed by atoms with Crippen molar-refractivity contribution in [2.24, 2.45) is 0 Å². The summed E-state index contributed by atoms with van der Waals surface area (Å²) < 4.78 is 54.5. The van der Waals surface area contributed by atoms with Gasteiger partial charge in [-0.25, -0.2) is 4.39 Å².